The molecule has 0 radical (unpaired) electrons. The maximum absolute atomic E-state index is 13.5. The topological polar surface area (TPSA) is 64.9 Å². The predicted molar refractivity (Wildman–Crippen MR) is 124 cm³/mol. The zero-order chi connectivity index (χ0) is 26.1. The molecule has 2 heterocycles. The molecule has 3 fully saturated rings. The third kappa shape index (κ3) is 6.63. The van der Waals surface area contributed by atoms with Gasteiger partial charge in [-0.25, -0.2) is 0 Å². The number of thioether (sulfide) groups is 1. The highest BCUT2D eigenvalue weighted by atomic mass is 32.2. The van der Waals surface area contributed by atoms with E-state index in [0.717, 1.165) is 37.1 Å². The summed E-state index contributed by atoms with van der Waals surface area (Å²) in [5.74, 6) is 0.533. The summed E-state index contributed by atoms with van der Waals surface area (Å²) in [6, 6.07) is 1.52. The Morgan fingerprint density at radius 2 is 1.75 bits per heavy atom. The number of hydrogen-bond donors (Lipinski definition) is 2. The quantitative estimate of drug-likeness (QED) is 0.466. The van der Waals surface area contributed by atoms with Crippen molar-refractivity contribution in [3.05, 3.63) is 45.9 Å². The lowest BCUT2D eigenvalue weighted by Crippen LogP contribution is -2.34. The average Bonchev–Trinajstić information content (AvgIpc) is 3.14. The van der Waals surface area contributed by atoms with Crippen molar-refractivity contribution >= 4 is 22.8 Å². The number of likely N-dealkylation sites (tertiary alicyclic amines) is 1. The summed E-state index contributed by atoms with van der Waals surface area (Å²) in [6.07, 6.45) is -3.74. The molecule has 12 heteroatoms. The Labute approximate surface area is 209 Å². The minimum absolute atomic E-state index is 0.0765. The number of nitrogens with zero attached hydrogens (tertiary/aromatic N) is 2. The monoisotopic (exact) mass is 535 g/mol. The molecule has 2 N–H and O–H groups in total. The van der Waals surface area contributed by atoms with Gasteiger partial charge >= 0.3 is 12.4 Å². The molecule has 1 aromatic carbocycles. The number of halogens is 6. The van der Waals surface area contributed by atoms with E-state index < -0.39 is 29.6 Å². The van der Waals surface area contributed by atoms with E-state index in [1.165, 1.54) is 0 Å². The zero-order valence-corrected chi connectivity index (χ0v) is 20.1. The summed E-state index contributed by atoms with van der Waals surface area (Å²) in [4.78, 5) is 19.1. The second kappa shape index (κ2) is 10.7. The number of amidine groups is 1. The highest BCUT2D eigenvalue weighted by molar-refractivity contribution is 8.18. The normalized spacial score (nSPS) is 27.1. The van der Waals surface area contributed by atoms with Crippen LogP contribution in [0.4, 0.5) is 31.1 Å². The first-order chi connectivity index (χ1) is 16.9. The Hall–Kier alpha value is -2.05. The van der Waals surface area contributed by atoms with E-state index in [2.05, 4.69) is 10.3 Å². The highest BCUT2D eigenvalue weighted by Gasteiger charge is 2.38. The summed E-state index contributed by atoms with van der Waals surface area (Å²) >= 11 is 1.04. The molecule has 198 valence electrons. The fourth-order valence-electron chi connectivity index (χ4n) is 4.84. The lowest BCUT2D eigenvalue weighted by molar-refractivity contribution is -0.143. The number of nitrogens with one attached hydrogen (secondary N) is 1. The number of amides is 1. The molecule has 2 atom stereocenters. The Bertz CT molecular complexity index is 1030. The number of aliphatic hydroxyl groups excluding tert-OH is 1. The molecular weight excluding hydrogens is 508 g/mol. The zero-order valence-electron chi connectivity index (χ0n) is 19.3. The van der Waals surface area contributed by atoms with Crippen molar-refractivity contribution in [3.63, 3.8) is 0 Å². The number of alkyl halides is 6. The molecule has 1 aliphatic carbocycles. The van der Waals surface area contributed by atoms with Gasteiger partial charge in [0.1, 0.15) is 5.84 Å². The maximum atomic E-state index is 13.5. The van der Waals surface area contributed by atoms with Gasteiger partial charge in [0, 0.05) is 6.54 Å². The Kier molecular flexibility index (Phi) is 8.06. The van der Waals surface area contributed by atoms with Gasteiger partial charge in [-0.15, -0.1) is 0 Å². The van der Waals surface area contributed by atoms with Crippen molar-refractivity contribution in [1.29, 1.82) is 0 Å². The number of allylic oxidation sites excluding steroid dienone is 1. The van der Waals surface area contributed by atoms with Gasteiger partial charge in [-0.3, -0.25) is 14.7 Å². The fourth-order valence-corrected chi connectivity index (χ4v) is 5.64. The number of benzene rings is 1. The van der Waals surface area contributed by atoms with Gasteiger partial charge in [0.05, 0.1) is 28.2 Å². The minimum atomic E-state index is -4.89. The Morgan fingerprint density at radius 3 is 2.39 bits per heavy atom. The number of carbonyl (C=O) groups is 1. The van der Waals surface area contributed by atoms with Crippen LogP contribution in [0, 0.1) is 5.92 Å². The first-order valence-electron chi connectivity index (χ1n) is 11.9. The highest BCUT2D eigenvalue weighted by Crippen LogP contribution is 2.38. The van der Waals surface area contributed by atoms with Crippen molar-refractivity contribution in [3.8, 4) is 0 Å². The van der Waals surface area contributed by atoms with Crippen LogP contribution < -0.4 is 5.32 Å². The molecule has 2 aliphatic heterocycles. The van der Waals surface area contributed by atoms with Crippen LogP contribution in [0.5, 0.6) is 0 Å². The summed E-state index contributed by atoms with van der Waals surface area (Å²) in [6.45, 7) is 0.830. The predicted octanol–water partition coefficient (Wildman–Crippen LogP) is 5.98. The van der Waals surface area contributed by atoms with Gasteiger partial charge in [0.25, 0.3) is 5.24 Å². The summed E-state index contributed by atoms with van der Waals surface area (Å²) in [7, 11) is 0. The van der Waals surface area contributed by atoms with Crippen LogP contribution >= 0.6 is 11.8 Å². The molecule has 36 heavy (non-hydrogen) atoms. The molecule has 1 amide bonds. The van der Waals surface area contributed by atoms with Crippen LogP contribution in [-0.4, -0.2) is 46.3 Å². The third-order valence-electron chi connectivity index (χ3n) is 6.80. The van der Waals surface area contributed by atoms with Gasteiger partial charge in [-0.2, -0.15) is 26.3 Å². The first kappa shape index (κ1) is 27.0. The van der Waals surface area contributed by atoms with Crippen molar-refractivity contribution in [2.24, 2.45) is 10.9 Å². The molecule has 3 aliphatic rings. The van der Waals surface area contributed by atoms with Gasteiger partial charge in [0.2, 0.25) is 0 Å². The molecule has 0 unspecified atom stereocenters. The average molecular weight is 536 g/mol. The van der Waals surface area contributed by atoms with Crippen molar-refractivity contribution < 1.29 is 36.2 Å². The van der Waals surface area contributed by atoms with Gasteiger partial charge in [0.15, 0.2) is 0 Å². The molecule has 0 aromatic heterocycles. The SMILES string of the molecule is O=C1NC(=N[C@@H]2CCCC[C@H]2O)C(=CC2CCN(Cc3ccc(C(F)(F)F)cc3C(F)(F)F)CC2)S1. The van der Waals surface area contributed by atoms with Gasteiger partial charge in [-0.05, 0) is 74.1 Å². The Balaban J connectivity index is 1.41. The number of carbonyl (C=O) groups excluding carboxylic acids is 1. The molecule has 0 bridgehead atoms. The second-order valence-corrected chi connectivity index (χ2v) is 10.4. The van der Waals surface area contributed by atoms with E-state index in [-0.39, 0.29) is 35.4 Å². The third-order valence-corrected chi connectivity index (χ3v) is 7.64. The Morgan fingerprint density at radius 1 is 1.06 bits per heavy atom. The van der Waals surface area contributed by atoms with E-state index in [4.69, 9.17) is 0 Å². The van der Waals surface area contributed by atoms with Crippen molar-refractivity contribution in [2.75, 3.05) is 13.1 Å². The number of aliphatic hydroxyl groups is 1. The van der Waals surface area contributed by atoms with E-state index in [1.807, 2.05) is 6.08 Å². The maximum Gasteiger partial charge on any atom is 0.416 e. The summed E-state index contributed by atoms with van der Waals surface area (Å²) in [5, 5.41) is 12.7. The van der Waals surface area contributed by atoms with E-state index in [0.29, 0.717) is 49.2 Å². The van der Waals surface area contributed by atoms with Crippen LogP contribution in [0.25, 0.3) is 0 Å². The summed E-state index contributed by atoms with van der Waals surface area (Å²) in [5.41, 5.74) is -2.77. The molecular formula is C24H27F6N3O2S. The second-order valence-electron chi connectivity index (χ2n) is 9.42. The van der Waals surface area contributed by atoms with Crippen molar-refractivity contribution in [1.82, 2.24) is 10.2 Å². The van der Waals surface area contributed by atoms with E-state index in [1.54, 1.807) is 4.90 Å². The molecule has 0 spiro atoms. The molecule has 1 saturated carbocycles. The molecule has 5 nitrogen and oxygen atoms in total. The van der Waals surface area contributed by atoms with Crippen LogP contribution in [0.15, 0.2) is 34.2 Å². The molecule has 2 saturated heterocycles. The standard InChI is InChI=1S/C24H27F6N3O2S/c25-23(26,27)16-6-5-15(17(12-16)24(28,29)30)13-33-9-7-14(8-10-33)11-20-21(32-22(35)36-20)31-18-3-1-2-4-19(18)34/h5-6,11-12,14,18-19,34H,1-4,7-10,13H2,(H,31,32,35)/t18-,19-/m1/s1. The van der Waals surface area contributed by atoms with Crippen molar-refractivity contribution in [2.45, 2.75) is 69.6 Å². The molecule has 1 aromatic rings. The van der Waals surface area contributed by atoms with Crippen LogP contribution in [0.3, 0.4) is 0 Å². The number of rotatable bonds is 4. The van der Waals surface area contributed by atoms with E-state index in [9.17, 15) is 36.2 Å². The van der Waals surface area contributed by atoms with Crippen LogP contribution in [0.1, 0.15) is 55.2 Å². The number of hydrogen-bond acceptors (Lipinski definition) is 5. The van der Waals surface area contributed by atoms with Gasteiger partial charge in [-0.1, -0.05) is 25.0 Å². The van der Waals surface area contributed by atoms with Gasteiger partial charge < -0.3 is 10.4 Å². The van der Waals surface area contributed by atoms with Crippen LogP contribution in [-0.2, 0) is 18.9 Å². The minimum Gasteiger partial charge on any atom is -0.391 e. The van der Waals surface area contributed by atoms with Crippen LogP contribution in [0.2, 0.25) is 0 Å². The lowest BCUT2D eigenvalue weighted by Gasteiger charge is -2.31. The summed E-state index contributed by atoms with van der Waals surface area (Å²) < 4.78 is 79.2. The smallest absolute Gasteiger partial charge is 0.391 e. The van der Waals surface area contributed by atoms with E-state index >= 15 is 0 Å². The first-order valence-corrected chi connectivity index (χ1v) is 12.7. The number of aliphatic imine (C=N–C) groups is 1. The number of piperidine rings is 1. The fraction of sp³-hybridized carbons (Fsp3) is 0.583. The largest absolute Gasteiger partial charge is 0.416 e. The molecule has 4 rings (SSSR count). The lowest BCUT2D eigenvalue weighted by atomic mass is 9.93.